The summed E-state index contributed by atoms with van der Waals surface area (Å²) in [5.74, 6) is -0.188. The highest BCUT2D eigenvalue weighted by Crippen LogP contribution is 2.17. The maximum Gasteiger partial charge on any atom is 0.253 e. The maximum atomic E-state index is 11.7. The molecule has 4 heteroatoms. The Labute approximate surface area is 100 Å². The Morgan fingerprint density at radius 1 is 1.50 bits per heavy atom. The van der Waals surface area contributed by atoms with Gasteiger partial charge in [0.2, 0.25) is 0 Å². The van der Waals surface area contributed by atoms with Crippen molar-refractivity contribution in [1.29, 1.82) is 0 Å². The van der Waals surface area contributed by atoms with Gasteiger partial charge in [0.1, 0.15) is 0 Å². The van der Waals surface area contributed by atoms with Crippen molar-refractivity contribution in [1.82, 2.24) is 5.32 Å². The summed E-state index contributed by atoms with van der Waals surface area (Å²) in [5.41, 5.74) is 7.69. The molecule has 0 spiro atoms. The first-order chi connectivity index (χ1) is 7.50. The van der Waals surface area contributed by atoms with Crippen LogP contribution in [-0.2, 0) is 0 Å². The Morgan fingerprint density at radius 2 is 2.19 bits per heavy atom. The fourth-order valence-corrected chi connectivity index (χ4v) is 1.36. The van der Waals surface area contributed by atoms with Crippen molar-refractivity contribution in [2.24, 2.45) is 0 Å². The lowest BCUT2D eigenvalue weighted by Crippen LogP contribution is -2.24. The number of benzene rings is 1. The molecule has 1 aromatic carbocycles. The van der Waals surface area contributed by atoms with E-state index in [1.165, 1.54) is 0 Å². The number of nitrogens with two attached hydrogens (primary N) is 1. The van der Waals surface area contributed by atoms with Gasteiger partial charge in [-0.3, -0.25) is 4.79 Å². The van der Waals surface area contributed by atoms with Crippen LogP contribution < -0.4 is 11.1 Å². The van der Waals surface area contributed by atoms with Crippen LogP contribution in [0.2, 0.25) is 5.02 Å². The standard InChI is InChI=1S/C12H15ClN2O/c1-8(2)5-6-15-12(16)10-4-3-9(13)7-11(10)14/h3-5,7H,6,14H2,1-2H3,(H,15,16). The third-order valence-electron chi connectivity index (χ3n) is 2.03. The van der Waals surface area contributed by atoms with Crippen molar-refractivity contribution in [2.75, 3.05) is 12.3 Å². The minimum Gasteiger partial charge on any atom is -0.398 e. The molecule has 0 aliphatic carbocycles. The van der Waals surface area contributed by atoms with Gasteiger partial charge in [0, 0.05) is 17.3 Å². The summed E-state index contributed by atoms with van der Waals surface area (Å²) in [4.78, 5) is 11.7. The fraction of sp³-hybridized carbons (Fsp3) is 0.250. The van der Waals surface area contributed by atoms with Crippen LogP contribution in [0.5, 0.6) is 0 Å². The fourth-order valence-electron chi connectivity index (χ4n) is 1.18. The summed E-state index contributed by atoms with van der Waals surface area (Å²) >= 11 is 5.75. The third kappa shape index (κ3) is 3.59. The monoisotopic (exact) mass is 238 g/mol. The van der Waals surface area contributed by atoms with Gasteiger partial charge in [0.05, 0.1) is 5.56 Å². The highest BCUT2D eigenvalue weighted by molar-refractivity contribution is 6.31. The highest BCUT2D eigenvalue weighted by atomic mass is 35.5. The molecule has 1 amide bonds. The molecule has 0 bridgehead atoms. The van der Waals surface area contributed by atoms with Crippen molar-refractivity contribution in [2.45, 2.75) is 13.8 Å². The Hall–Kier alpha value is -1.48. The minimum absolute atomic E-state index is 0.188. The molecule has 3 nitrogen and oxygen atoms in total. The molecule has 16 heavy (non-hydrogen) atoms. The topological polar surface area (TPSA) is 55.1 Å². The number of anilines is 1. The molecule has 0 unspecified atom stereocenters. The first kappa shape index (κ1) is 12.6. The number of rotatable bonds is 3. The molecule has 0 aliphatic rings. The van der Waals surface area contributed by atoms with Crippen LogP contribution >= 0.6 is 11.6 Å². The number of carbonyl (C=O) groups excluding carboxylic acids is 1. The van der Waals surface area contributed by atoms with Crippen molar-refractivity contribution in [3.05, 3.63) is 40.4 Å². The van der Waals surface area contributed by atoms with Crippen LogP contribution in [0.1, 0.15) is 24.2 Å². The van der Waals surface area contributed by atoms with E-state index in [2.05, 4.69) is 5.32 Å². The van der Waals surface area contributed by atoms with Gasteiger partial charge in [-0.1, -0.05) is 23.3 Å². The predicted octanol–water partition coefficient (Wildman–Crippen LogP) is 2.62. The Morgan fingerprint density at radius 3 is 2.75 bits per heavy atom. The van der Waals surface area contributed by atoms with Crippen LogP contribution in [0.3, 0.4) is 0 Å². The second kappa shape index (κ2) is 5.56. The van der Waals surface area contributed by atoms with Gasteiger partial charge < -0.3 is 11.1 Å². The molecular formula is C12H15ClN2O. The van der Waals surface area contributed by atoms with Crippen LogP contribution in [0.15, 0.2) is 29.8 Å². The molecule has 1 rings (SSSR count). The van der Waals surface area contributed by atoms with E-state index in [1.807, 2.05) is 19.9 Å². The number of allylic oxidation sites excluding steroid dienone is 1. The second-order valence-corrected chi connectivity index (χ2v) is 4.16. The zero-order valence-corrected chi connectivity index (χ0v) is 10.1. The Bertz CT molecular complexity index is 423. The molecule has 0 radical (unpaired) electrons. The molecule has 0 atom stereocenters. The normalized spacial score (nSPS) is 9.69. The lowest BCUT2D eigenvalue weighted by molar-refractivity contribution is 0.0959. The van der Waals surface area contributed by atoms with Crippen LogP contribution in [-0.4, -0.2) is 12.5 Å². The van der Waals surface area contributed by atoms with Gasteiger partial charge in [0.25, 0.3) is 5.91 Å². The predicted molar refractivity (Wildman–Crippen MR) is 67.6 cm³/mol. The van der Waals surface area contributed by atoms with Gasteiger partial charge in [-0.25, -0.2) is 0 Å². The second-order valence-electron chi connectivity index (χ2n) is 3.72. The summed E-state index contributed by atoms with van der Waals surface area (Å²) in [6.07, 6.45) is 1.93. The molecule has 1 aromatic rings. The largest absolute Gasteiger partial charge is 0.398 e. The smallest absolute Gasteiger partial charge is 0.253 e. The number of halogens is 1. The molecule has 86 valence electrons. The summed E-state index contributed by atoms with van der Waals surface area (Å²) < 4.78 is 0. The van der Waals surface area contributed by atoms with E-state index in [9.17, 15) is 4.79 Å². The van der Waals surface area contributed by atoms with Crippen molar-refractivity contribution in [3.8, 4) is 0 Å². The van der Waals surface area contributed by atoms with Crippen LogP contribution in [0.4, 0.5) is 5.69 Å². The first-order valence-electron chi connectivity index (χ1n) is 4.97. The summed E-state index contributed by atoms with van der Waals surface area (Å²) in [5, 5.41) is 3.28. The van der Waals surface area contributed by atoms with E-state index in [0.717, 1.165) is 5.57 Å². The first-order valence-corrected chi connectivity index (χ1v) is 5.35. The average Bonchev–Trinajstić information content (AvgIpc) is 2.16. The lowest BCUT2D eigenvalue weighted by Gasteiger charge is -2.06. The minimum atomic E-state index is -0.188. The van der Waals surface area contributed by atoms with E-state index in [0.29, 0.717) is 22.8 Å². The van der Waals surface area contributed by atoms with E-state index in [1.54, 1.807) is 18.2 Å². The van der Waals surface area contributed by atoms with E-state index < -0.39 is 0 Å². The molecule has 0 aliphatic heterocycles. The van der Waals surface area contributed by atoms with Crippen molar-refractivity contribution in [3.63, 3.8) is 0 Å². The molecular weight excluding hydrogens is 224 g/mol. The SMILES string of the molecule is CC(C)=CCNC(=O)c1ccc(Cl)cc1N. The number of carbonyl (C=O) groups is 1. The molecule has 0 saturated carbocycles. The zero-order chi connectivity index (χ0) is 12.1. The summed E-state index contributed by atoms with van der Waals surface area (Å²) in [6.45, 7) is 4.45. The van der Waals surface area contributed by atoms with Crippen molar-refractivity contribution < 1.29 is 4.79 Å². The molecule has 0 heterocycles. The number of nitrogen functional groups attached to an aromatic ring is 1. The van der Waals surface area contributed by atoms with Gasteiger partial charge in [-0.15, -0.1) is 0 Å². The Kier molecular flexibility index (Phi) is 4.38. The van der Waals surface area contributed by atoms with Crippen LogP contribution in [0, 0.1) is 0 Å². The quantitative estimate of drug-likeness (QED) is 0.628. The summed E-state index contributed by atoms with van der Waals surface area (Å²) in [7, 11) is 0. The molecule has 0 aromatic heterocycles. The number of hydrogen-bond donors (Lipinski definition) is 2. The zero-order valence-electron chi connectivity index (χ0n) is 9.38. The molecule has 3 N–H and O–H groups in total. The highest BCUT2D eigenvalue weighted by Gasteiger charge is 2.08. The lowest BCUT2D eigenvalue weighted by atomic mass is 10.1. The molecule has 0 saturated heterocycles. The maximum absolute atomic E-state index is 11.7. The van der Waals surface area contributed by atoms with Gasteiger partial charge >= 0.3 is 0 Å². The van der Waals surface area contributed by atoms with E-state index >= 15 is 0 Å². The van der Waals surface area contributed by atoms with E-state index in [-0.39, 0.29) is 5.91 Å². The summed E-state index contributed by atoms with van der Waals surface area (Å²) in [6, 6.07) is 4.83. The Balaban J connectivity index is 2.70. The third-order valence-corrected chi connectivity index (χ3v) is 2.27. The number of hydrogen-bond acceptors (Lipinski definition) is 2. The van der Waals surface area contributed by atoms with Crippen molar-refractivity contribution >= 4 is 23.2 Å². The van der Waals surface area contributed by atoms with Crippen LogP contribution in [0.25, 0.3) is 0 Å². The number of nitrogens with one attached hydrogen (secondary N) is 1. The van der Waals surface area contributed by atoms with E-state index in [4.69, 9.17) is 17.3 Å². The van der Waals surface area contributed by atoms with Gasteiger partial charge in [0.15, 0.2) is 0 Å². The average molecular weight is 239 g/mol. The number of amides is 1. The van der Waals surface area contributed by atoms with Gasteiger partial charge in [-0.2, -0.15) is 0 Å². The molecule has 0 fully saturated rings. The van der Waals surface area contributed by atoms with Gasteiger partial charge in [-0.05, 0) is 32.0 Å².